The predicted octanol–water partition coefficient (Wildman–Crippen LogP) is 1.46. The van der Waals surface area contributed by atoms with Gasteiger partial charge in [-0.2, -0.15) is 14.1 Å². The molecular weight excluding hydrogens is 437 g/mol. The Morgan fingerprint density at radius 2 is 0.926 bits per heavy atom. The molecular formula is C16H32N2O8Y-2. The van der Waals surface area contributed by atoms with Crippen molar-refractivity contribution in [2.75, 3.05) is 42.5 Å². The van der Waals surface area contributed by atoms with E-state index in [1.54, 1.807) is 0 Å². The van der Waals surface area contributed by atoms with E-state index in [-0.39, 0.29) is 60.4 Å². The Bertz CT molecular complexity index is 383. The molecule has 159 valence electrons. The molecule has 27 heavy (non-hydrogen) atoms. The molecule has 0 aliphatic heterocycles. The second-order valence-electron chi connectivity index (χ2n) is 4.15. The zero-order valence-corrected chi connectivity index (χ0v) is 18.1. The molecule has 0 spiro atoms. The fourth-order valence-electron chi connectivity index (χ4n) is 1.31. The minimum absolute atomic E-state index is 0. The van der Waals surface area contributed by atoms with Crippen LogP contribution in [-0.4, -0.2) is 78.5 Å². The third-order valence-corrected chi connectivity index (χ3v) is 2.75. The summed E-state index contributed by atoms with van der Waals surface area (Å²) in [5.74, 6) is -2.00. The molecule has 0 fully saturated rings. The van der Waals surface area contributed by atoms with Gasteiger partial charge in [-0.3, -0.25) is 19.2 Å². The standard InChI is InChI=1S/2C7H12NO4.2CH4.Y/c2*1-8-5(7(10)12-3)4-6(9)11-2;;;/h2*5H,4H2,1-3H3;2*1H4;/q2*-1;;;. The van der Waals surface area contributed by atoms with E-state index in [0.717, 1.165) is 0 Å². The van der Waals surface area contributed by atoms with Crippen molar-refractivity contribution in [1.82, 2.24) is 0 Å². The normalized spacial score (nSPS) is 10.6. The van der Waals surface area contributed by atoms with Crippen molar-refractivity contribution in [2.24, 2.45) is 0 Å². The zero-order chi connectivity index (χ0) is 19.1. The minimum Gasteiger partial charge on any atom is -0.652 e. The number of likely N-dealkylation sites (N-methyl/N-ethyl adjacent to an activating group) is 2. The van der Waals surface area contributed by atoms with Crippen molar-refractivity contribution in [3.63, 3.8) is 0 Å². The molecule has 0 bridgehead atoms. The topological polar surface area (TPSA) is 133 Å². The third kappa shape index (κ3) is 18.0. The van der Waals surface area contributed by atoms with Crippen LogP contribution in [0.2, 0.25) is 0 Å². The van der Waals surface area contributed by atoms with Gasteiger partial charge < -0.3 is 29.6 Å². The summed E-state index contributed by atoms with van der Waals surface area (Å²) >= 11 is 0. The first kappa shape index (κ1) is 36.8. The van der Waals surface area contributed by atoms with E-state index in [1.807, 2.05) is 0 Å². The molecule has 0 rings (SSSR count). The van der Waals surface area contributed by atoms with Gasteiger partial charge in [-0.05, 0) is 12.1 Å². The van der Waals surface area contributed by atoms with E-state index in [0.29, 0.717) is 0 Å². The fourth-order valence-corrected chi connectivity index (χ4v) is 1.31. The second-order valence-corrected chi connectivity index (χ2v) is 4.15. The van der Waals surface area contributed by atoms with Crippen molar-refractivity contribution in [3.05, 3.63) is 10.6 Å². The SMILES string of the molecule is C.C.C[N-]C(CC(=O)OC)C(=O)OC.C[N-]C(CC(=O)OC)C(=O)OC.[Y]. The van der Waals surface area contributed by atoms with E-state index in [1.165, 1.54) is 42.5 Å². The van der Waals surface area contributed by atoms with Crippen LogP contribution >= 0.6 is 0 Å². The number of esters is 4. The Morgan fingerprint density at radius 1 is 0.667 bits per heavy atom. The van der Waals surface area contributed by atoms with Gasteiger partial charge in [0.05, 0.1) is 28.4 Å². The molecule has 0 amide bonds. The van der Waals surface area contributed by atoms with Crippen molar-refractivity contribution in [1.29, 1.82) is 0 Å². The molecule has 0 N–H and O–H groups in total. The van der Waals surface area contributed by atoms with Crippen molar-refractivity contribution < 1.29 is 70.8 Å². The molecule has 0 heterocycles. The summed E-state index contributed by atoms with van der Waals surface area (Å²) in [6, 6.07) is -1.50. The van der Waals surface area contributed by atoms with Crippen LogP contribution in [0.15, 0.2) is 0 Å². The Labute approximate surface area is 187 Å². The van der Waals surface area contributed by atoms with Gasteiger partial charge in [0.2, 0.25) is 0 Å². The van der Waals surface area contributed by atoms with Crippen LogP contribution in [0.25, 0.3) is 10.6 Å². The number of carbonyl (C=O) groups is 4. The molecule has 0 aromatic heterocycles. The molecule has 0 aliphatic rings. The van der Waals surface area contributed by atoms with Gasteiger partial charge in [0, 0.05) is 45.6 Å². The average molecular weight is 469 g/mol. The molecule has 0 aromatic rings. The number of ether oxygens (including phenoxy) is 4. The maximum atomic E-state index is 10.9. The molecule has 10 nitrogen and oxygen atoms in total. The van der Waals surface area contributed by atoms with Crippen molar-refractivity contribution >= 4 is 23.9 Å². The number of rotatable bonds is 8. The van der Waals surface area contributed by atoms with E-state index in [4.69, 9.17) is 0 Å². The van der Waals surface area contributed by atoms with Gasteiger partial charge >= 0.3 is 11.9 Å². The molecule has 1 radical (unpaired) electrons. The average Bonchev–Trinajstić information content (AvgIpc) is 2.62. The maximum Gasteiger partial charge on any atom is 0.304 e. The summed E-state index contributed by atoms with van der Waals surface area (Å²) in [7, 11) is 7.91. The fraction of sp³-hybridized carbons (Fsp3) is 0.750. The first-order valence-electron chi connectivity index (χ1n) is 6.78. The van der Waals surface area contributed by atoms with Crippen LogP contribution in [0.5, 0.6) is 0 Å². The zero-order valence-electron chi connectivity index (χ0n) is 15.3. The van der Waals surface area contributed by atoms with Crippen LogP contribution in [0, 0.1) is 0 Å². The third-order valence-electron chi connectivity index (χ3n) is 2.75. The Balaban J connectivity index is -0.000000108. The summed E-state index contributed by atoms with van der Waals surface area (Å²) in [6.45, 7) is 0. The van der Waals surface area contributed by atoms with Crippen LogP contribution in [0.1, 0.15) is 27.7 Å². The number of hydrogen-bond donors (Lipinski definition) is 0. The van der Waals surface area contributed by atoms with Gasteiger partial charge in [0.25, 0.3) is 11.9 Å². The number of nitrogens with zero attached hydrogens (tertiary/aromatic N) is 2. The Hall–Kier alpha value is -1.10. The minimum atomic E-state index is -0.748. The number of hydrogen-bond acceptors (Lipinski definition) is 8. The second kappa shape index (κ2) is 22.9. The molecule has 0 aromatic carbocycles. The monoisotopic (exact) mass is 469 g/mol. The Morgan fingerprint density at radius 3 is 1.07 bits per heavy atom. The van der Waals surface area contributed by atoms with Gasteiger partial charge in [-0.1, -0.05) is 14.9 Å². The van der Waals surface area contributed by atoms with Crippen LogP contribution < -0.4 is 0 Å². The summed E-state index contributed by atoms with van der Waals surface area (Å²) in [5, 5.41) is 7.34. The molecule has 2 atom stereocenters. The van der Waals surface area contributed by atoms with E-state index < -0.39 is 36.0 Å². The molecule has 0 saturated carbocycles. The van der Waals surface area contributed by atoms with Crippen LogP contribution in [0.3, 0.4) is 0 Å². The summed E-state index contributed by atoms with van der Waals surface area (Å²) < 4.78 is 17.6. The van der Waals surface area contributed by atoms with Gasteiger partial charge in [0.15, 0.2) is 0 Å². The van der Waals surface area contributed by atoms with Gasteiger partial charge in [0.1, 0.15) is 0 Å². The van der Waals surface area contributed by atoms with Crippen molar-refractivity contribution in [3.8, 4) is 0 Å². The van der Waals surface area contributed by atoms with Gasteiger partial charge in [-0.15, -0.1) is 0 Å². The number of methoxy groups -OCH3 is 4. The maximum absolute atomic E-state index is 10.9. The Kier molecular flexibility index (Phi) is 31.2. The van der Waals surface area contributed by atoms with E-state index >= 15 is 0 Å². The predicted molar refractivity (Wildman–Crippen MR) is 96.9 cm³/mol. The smallest absolute Gasteiger partial charge is 0.304 e. The summed E-state index contributed by atoms with van der Waals surface area (Å²) in [6.07, 6.45) is -0.140. The first-order valence-corrected chi connectivity index (χ1v) is 6.78. The largest absolute Gasteiger partial charge is 0.652 e. The summed E-state index contributed by atoms with van der Waals surface area (Å²) in [5.41, 5.74) is 0. The molecule has 0 aliphatic carbocycles. The van der Waals surface area contributed by atoms with Crippen molar-refractivity contribution in [2.45, 2.75) is 39.8 Å². The van der Waals surface area contributed by atoms with E-state index in [2.05, 4.69) is 29.6 Å². The molecule has 2 unspecified atom stereocenters. The van der Waals surface area contributed by atoms with Crippen LogP contribution in [0.4, 0.5) is 0 Å². The summed E-state index contributed by atoms with van der Waals surface area (Å²) in [4.78, 5) is 43.2. The van der Waals surface area contributed by atoms with Crippen LogP contribution in [-0.2, 0) is 70.8 Å². The quantitative estimate of drug-likeness (QED) is 0.385. The first-order chi connectivity index (χ1) is 11.3. The number of carbonyl (C=O) groups excluding carboxylic acids is 4. The molecule has 11 heteroatoms. The van der Waals surface area contributed by atoms with Gasteiger partial charge in [-0.25, -0.2) is 0 Å². The van der Waals surface area contributed by atoms with E-state index in [9.17, 15) is 19.2 Å². The molecule has 0 saturated heterocycles.